The highest BCUT2D eigenvalue weighted by Crippen LogP contribution is 2.28. The molecule has 5 nitrogen and oxygen atoms in total. The fraction of sp³-hybridized carbons (Fsp3) is 0.118. The third kappa shape index (κ3) is 3.20. The number of hydrogen-bond donors (Lipinski definition) is 0. The van der Waals surface area contributed by atoms with E-state index in [0.29, 0.717) is 11.3 Å². The smallest absolute Gasteiger partial charge is 0.196 e. The fourth-order valence-corrected chi connectivity index (χ4v) is 3.14. The Kier molecular flexibility index (Phi) is 4.60. The van der Waals surface area contributed by atoms with Crippen LogP contribution in [0.15, 0.2) is 60.0 Å². The van der Waals surface area contributed by atoms with E-state index < -0.39 is 0 Å². The number of methoxy groups -OCH3 is 1. The van der Waals surface area contributed by atoms with E-state index in [2.05, 4.69) is 16.3 Å². The molecule has 0 spiro atoms. The Morgan fingerprint density at radius 3 is 2.78 bits per heavy atom. The third-order valence-electron chi connectivity index (χ3n) is 3.36. The Bertz CT molecular complexity index is 854. The summed E-state index contributed by atoms with van der Waals surface area (Å²) in [5, 5.41) is 18.1. The maximum Gasteiger partial charge on any atom is 0.196 e. The lowest BCUT2D eigenvalue weighted by molar-refractivity contribution is 0.412. The lowest BCUT2D eigenvalue weighted by Crippen LogP contribution is -1.99. The molecule has 0 fully saturated rings. The van der Waals surface area contributed by atoms with Crippen LogP contribution in [-0.2, 0) is 5.75 Å². The number of nitrogens with zero attached hydrogens (tertiary/aromatic N) is 4. The zero-order valence-corrected chi connectivity index (χ0v) is 13.3. The first-order valence-electron chi connectivity index (χ1n) is 6.97. The molecule has 3 aromatic rings. The van der Waals surface area contributed by atoms with E-state index in [1.165, 1.54) is 11.8 Å². The van der Waals surface area contributed by atoms with Gasteiger partial charge in [0.05, 0.1) is 24.4 Å². The van der Waals surface area contributed by atoms with E-state index in [1.54, 1.807) is 13.4 Å². The van der Waals surface area contributed by atoms with Gasteiger partial charge < -0.3 is 4.74 Å². The van der Waals surface area contributed by atoms with E-state index in [4.69, 9.17) is 10.00 Å². The van der Waals surface area contributed by atoms with Crippen molar-refractivity contribution in [3.05, 3.63) is 66.0 Å². The molecule has 23 heavy (non-hydrogen) atoms. The van der Waals surface area contributed by atoms with Crippen molar-refractivity contribution in [1.82, 2.24) is 14.8 Å². The highest BCUT2D eigenvalue weighted by Gasteiger charge is 2.12. The van der Waals surface area contributed by atoms with Gasteiger partial charge in [-0.1, -0.05) is 42.1 Å². The van der Waals surface area contributed by atoms with Crippen LogP contribution in [0.5, 0.6) is 5.75 Å². The van der Waals surface area contributed by atoms with E-state index in [0.717, 1.165) is 22.2 Å². The standard InChI is InChI=1S/C17H14N4OS/c1-22-16-9-5-4-8-15(16)21-12-19-20-17(21)23-11-14-7-3-2-6-13(14)10-18/h2-9,12H,11H2,1H3. The molecule has 0 aliphatic rings. The molecule has 1 aromatic heterocycles. The van der Waals surface area contributed by atoms with E-state index >= 15 is 0 Å². The lowest BCUT2D eigenvalue weighted by Gasteiger charge is -2.10. The maximum absolute atomic E-state index is 9.17. The largest absolute Gasteiger partial charge is 0.495 e. The normalized spacial score (nSPS) is 10.3. The molecule has 114 valence electrons. The third-order valence-corrected chi connectivity index (χ3v) is 4.35. The zero-order chi connectivity index (χ0) is 16.1. The Hall–Kier alpha value is -2.78. The monoisotopic (exact) mass is 322 g/mol. The van der Waals surface area contributed by atoms with Crippen molar-refractivity contribution in [2.45, 2.75) is 10.9 Å². The Morgan fingerprint density at radius 2 is 1.96 bits per heavy atom. The van der Waals surface area contributed by atoms with Crippen LogP contribution in [0, 0.1) is 11.3 Å². The summed E-state index contributed by atoms with van der Waals surface area (Å²) in [4.78, 5) is 0. The van der Waals surface area contributed by atoms with Gasteiger partial charge in [0.15, 0.2) is 5.16 Å². The van der Waals surface area contributed by atoms with Crippen LogP contribution in [-0.4, -0.2) is 21.9 Å². The van der Waals surface area contributed by atoms with E-state index in [1.807, 2.05) is 53.1 Å². The molecule has 0 atom stereocenters. The molecule has 0 amide bonds. The molecule has 0 bridgehead atoms. The summed E-state index contributed by atoms with van der Waals surface area (Å²) in [5.74, 6) is 1.41. The minimum absolute atomic E-state index is 0.650. The minimum atomic E-state index is 0.650. The van der Waals surface area contributed by atoms with Crippen LogP contribution in [0.25, 0.3) is 5.69 Å². The summed E-state index contributed by atoms with van der Waals surface area (Å²) < 4.78 is 7.28. The van der Waals surface area contributed by atoms with Crippen molar-refractivity contribution < 1.29 is 4.74 Å². The molecule has 2 aromatic carbocycles. The number of benzene rings is 2. The average molecular weight is 322 g/mol. The molecule has 6 heteroatoms. The molecule has 0 unspecified atom stereocenters. The van der Waals surface area contributed by atoms with Gasteiger partial charge in [0.25, 0.3) is 0 Å². The Morgan fingerprint density at radius 1 is 1.17 bits per heavy atom. The number of para-hydroxylation sites is 2. The highest BCUT2D eigenvalue weighted by atomic mass is 32.2. The van der Waals surface area contributed by atoms with Crippen LogP contribution >= 0.6 is 11.8 Å². The SMILES string of the molecule is COc1ccccc1-n1cnnc1SCc1ccccc1C#N. The molecular weight excluding hydrogens is 308 g/mol. The van der Waals surface area contributed by atoms with Crippen LogP contribution in [0.4, 0.5) is 0 Å². The fourth-order valence-electron chi connectivity index (χ4n) is 2.21. The summed E-state index contributed by atoms with van der Waals surface area (Å²) in [5.41, 5.74) is 2.55. The molecule has 0 aliphatic heterocycles. The summed E-state index contributed by atoms with van der Waals surface area (Å²) >= 11 is 1.53. The molecule has 0 radical (unpaired) electrons. The van der Waals surface area contributed by atoms with Crippen LogP contribution in [0.2, 0.25) is 0 Å². The predicted octanol–water partition coefficient (Wildman–Crippen LogP) is 3.44. The predicted molar refractivity (Wildman–Crippen MR) is 88.6 cm³/mol. The quantitative estimate of drug-likeness (QED) is 0.673. The van der Waals surface area contributed by atoms with Gasteiger partial charge in [-0.25, -0.2) is 0 Å². The van der Waals surface area contributed by atoms with Gasteiger partial charge >= 0.3 is 0 Å². The maximum atomic E-state index is 9.17. The first-order valence-corrected chi connectivity index (χ1v) is 7.96. The second-order valence-corrected chi connectivity index (χ2v) is 5.66. The van der Waals surface area contributed by atoms with Gasteiger partial charge in [-0.3, -0.25) is 4.57 Å². The van der Waals surface area contributed by atoms with Crippen LogP contribution < -0.4 is 4.74 Å². The number of rotatable bonds is 5. The molecular formula is C17H14N4OS. The van der Waals surface area contributed by atoms with E-state index in [-0.39, 0.29) is 0 Å². The number of ether oxygens (including phenoxy) is 1. The van der Waals surface area contributed by atoms with Crippen molar-refractivity contribution in [2.75, 3.05) is 7.11 Å². The number of thioether (sulfide) groups is 1. The molecule has 0 aliphatic carbocycles. The number of hydrogen-bond acceptors (Lipinski definition) is 5. The molecule has 1 heterocycles. The van der Waals surface area contributed by atoms with Crippen molar-refractivity contribution >= 4 is 11.8 Å². The van der Waals surface area contributed by atoms with Gasteiger partial charge in [-0.2, -0.15) is 5.26 Å². The Balaban J connectivity index is 1.86. The van der Waals surface area contributed by atoms with Gasteiger partial charge in [0, 0.05) is 5.75 Å². The van der Waals surface area contributed by atoms with Gasteiger partial charge in [-0.15, -0.1) is 10.2 Å². The number of nitriles is 1. The van der Waals surface area contributed by atoms with Gasteiger partial charge in [0.2, 0.25) is 0 Å². The summed E-state index contributed by atoms with van der Waals surface area (Å²) in [7, 11) is 1.64. The van der Waals surface area contributed by atoms with Crippen LogP contribution in [0.1, 0.15) is 11.1 Å². The van der Waals surface area contributed by atoms with E-state index in [9.17, 15) is 0 Å². The number of aromatic nitrogens is 3. The second kappa shape index (κ2) is 6.99. The first-order chi connectivity index (χ1) is 11.3. The molecule has 0 saturated carbocycles. The average Bonchev–Trinajstić information content (AvgIpc) is 3.08. The van der Waals surface area contributed by atoms with Gasteiger partial charge in [0.1, 0.15) is 12.1 Å². The summed E-state index contributed by atoms with van der Waals surface area (Å²) in [6.07, 6.45) is 1.66. The topological polar surface area (TPSA) is 63.7 Å². The second-order valence-electron chi connectivity index (χ2n) is 4.71. The molecule has 0 saturated heterocycles. The highest BCUT2D eigenvalue weighted by molar-refractivity contribution is 7.98. The molecule has 3 rings (SSSR count). The van der Waals surface area contributed by atoms with Crippen molar-refractivity contribution in [1.29, 1.82) is 5.26 Å². The summed E-state index contributed by atoms with van der Waals surface area (Å²) in [6, 6.07) is 17.5. The van der Waals surface area contributed by atoms with Crippen LogP contribution in [0.3, 0.4) is 0 Å². The summed E-state index contributed by atoms with van der Waals surface area (Å²) in [6.45, 7) is 0. The van der Waals surface area contributed by atoms with Crippen molar-refractivity contribution in [3.63, 3.8) is 0 Å². The van der Waals surface area contributed by atoms with Crippen molar-refractivity contribution in [3.8, 4) is 17.5 Å². The first kappa shape index (κ1) is 15.1. The lowest BCUT2D eigenvalue weighted by atomic mass is 10.1. The van der Waals surface area contributed by atoms with Gasteiger partial charge in [-0.05, 0) is 23.8 Å². The zero-order valence-electron chi connectivity index (χ0n) is 12.5. The Labute approximate surface area is 138 Å². The van der Waals surface area contributed by atoms with Crippen molar-refractivity contribution in [2.24, 2.45) is 0 Å². The minimum Gasteiger partial charge on any atom is -0.495 e. The molecule has 0 N–H and O–H groups in total.